The first kappa shape index (κ1) is 17.7. The second kappa shape index (κ2) is 7.16. The van der Waals surface area contributed by atoms with Crippen LogP contribution in [0.4, 0.5) is 11.4 Å². The molecule has 0 atom stereocenters. The molecule has 4 rings (SSSR count). The van der Waals surface area contributed by atoms with Crippen molar-refractivity contribution in [2.75, 3.05) is 10.0 Å². The highest BCUT2D eigenvalue weighted by Gasteiger charge is 2.21. The predicted molar refractivity (Wildman–Crippen MR) is 108 cm³/mol. The molecule has 0 saturated carbocycles. The molecule has 8 heteroatoms. The van der Waals surface area contributed by atoms with Gasteiger partial charge in [0.1, 0.15) is 5.69 Å². The fraction of sp³-hybridized carbons (Fsp3) is 0. The van der Waals surface area contributed by atoms with Gasteiger partial charge in [0.25, 0.3) is 15.9 Å². The number of aromatic amines is 1. The summed E-state index contributed by atoms with van der Waals surface area (Å²) >= 11 is 0. The minimum absolute atomic E-state index is 0.0215. The van der Waals surface area contributed by atoms with E-state index in [1.165, 1.54) is 12.3 Å². The van der Waals surface area contributed by atoms with Crippen LogP contribution in [0.1, 0.15) is 10.5 Å². The number of benzene rings is 3. The van der Waals surface area contributed by atoms with Crippen molar-refractivity contribution in [3.8, 4) is 0 Å². The molecule has 1 amide bonds. The van der Waals surface area contributed by atoms with E-state index in [1.54, 1.807) is 36.4 Å². The molecule has 7 nitrogen and oxygen atoms in total. The molecule has 0 bridgehead atoms. The average Bonchev–Trinajstić information content (AvgIpc) is 3.16. The fourth-order valence-electron chi connectivity index (χ4n) is 2.79. The van der Waals surface area contributed by atoms with Crippen molar-refractivity contribution in [2.45, 2.75) is 4.90 Å². The van der Waals surface area contributed by atoms with Crippen molar-refractivity contribution < 1.29 is 13.2 Å². The molecule has 28 heavy (non-hydrogen) atoms. The Kier molecular flexibility index (Phi) is 4.54. The first-order valence-electron chi connectivity index (χ1n) is 8.44. The number of fused-ring (bicyclic) bond motifs is 1. The van der Waals surface area contributed by atoms with Gasteiger partial charge in [-0.15, -0.1) is 0 Å². The molecule has 4 aromatic rings. The second-order valence-corrected chi connectivity index (χ2v) is 7.78. The summed E-state index contributed by atoms with van der Waals surface area (Å²) in [5, 5.41) is 10.8. The highest BCUT2D eigenvalue weighted by atomic mass is 32.2. The van der Waals surface area contributed by atoms with Gasteiger partial charge < -0.3 is 5.32 Å². The number of H-pyrrole nitrogens is 1. The van der Waals surface area contributed by atoms with Gasteiger partial charge in [0.05, 0.1) is 16.8 Å². The third-order valence-electron chi connectivity index (χ3n) is 4.17. The van der Waals surface area contributed by atoms with Crippen molar-refractivity contribution >= 4 is 38.1 Å². The topological polar surface area (TPSA) is 104 Å². The van der Waals surface area contributed by atoms with Crippen LogP contribution in [0.15, 0.2) is 83.9 Å². The van der Waals surface area contributed by atoms with Crippen LogP contribution in [0, 0.1) is 0 Å². The zero-order chi connectivity index (χ0) is 19.6. The lowest BCUT2D eigenvalue weighted by atomic mass is 10.1. The van der Waals surface area contributed by atoms with Crippen LogP contribution in [0.3, 0.4) is 0 Å². The number of anilines is 2. The van der Waals surface area contributed by atoms with Crippen molar-refractivity contribution in [2.24, 2.45) is 0 Å². The molecule has 3 N–H and O–H groups in total. The lowest BCUT2D eigenvalue weighted by molar-refractivity contribution is 0.102. The quantitative estimate of drug-likeness (QED) is 0.482. The van der Waals surface area contributed by atoms with Crippen LogP contribution >= 0.6 is 0 Å². The minimum Gasteiger partial charge on any atom is -0.321 e. The molecular weight excluding hydrogens is 376 g/mol. The van der Waals surface area contributed by atoms with Gasteiger partial charge in [0.15, 0.2) is 0 Å². The molecule has 140 valence electrons. The van der Waals surface area contributed by atoms with Crippen LogP contribution in [0.2, 0.25) is 0 Å². The number of sulfonamides is 1. The van der Waals surface area contributed by atoms with E-state index in [-0.39, 0.29) is 16.3 Å². The van der Waals surface area contributed by atoms with Gasteiger partial charge in [-0.1, -0.05) is 48.5 Å². The number of para-hydroxylation sites is 1. The Balaban J connectivity index is 1.60. The molecule has 1 aromatic heterocycles. The van der Waals surface area contributed by atoms with E-state index in [0.717, 1.165) is 10.8 Å². The average molecular weight is 392 g/mol. The molecular formula is C20H16N4O3S. The van der Waals surface area contributed by atoms with Crippen LogP contribution in [0.5, 0.6) is 0 Å². The van der Waals surface area contributed by atoms with E-state index in [2.05, 4.69) is 20.2 Å². The molecule has 3 aromatic carbocycles. The van der Waals surface area contributed by atoms with E-state index >= 15 is 0 Å². The van der Waals surface area contributed by atoms with E-state index in [4.69, 9.17) is 0 Å². The van der Waals surface area contributed by atoms with Gasteiger partial charge in [-0.2, -0.15) is 5.10 Å². The predicted octanol–water partition coefficient (Wildman–Crippen LogP) is 3.62. The summed E-state index contributed by atoms with van der Waals surface area (Å²) in [7, 11) is -3.89. The molecule has 0 aliphatic rings. The van der Waals surface area contributed by atoms with Crippen LogP contribution < -0.4 is 10.0 Å². The number of amides is 1. The van der Waals surface area contributed by atoms with Crippen molar-refractivity contribution in [3.63, 3.8) is 0 Å². The van der Waals surface area contributed by atoms with Crippen LogP contribution in [-0.2, 0) is 10.0 Å². The van der Waals surface area contributed by atoms with Gasteiger partial charge in [-0.3, -0.25) is 14.6 Å². The lowest BCUT2D eigenvalue weighted by Crippen LogP contribution is -2.18. The summed E-state index contributed by atoms with van der Waals surface area (Å²) in [6.07, 6.45) is 1.26. The first-order valence-corrected chi connectivity index (χ1v) is 9.93. The van der Waals surface area contributed by atoms with Gasteiger partial charge in [-0.25, -0.2) is 8.42 Å². The van der Waals surface area contributed by atoms with Gasteiger partial charge in [0, 0.05) is 5.69 Å². The summed E-state index contributed by atoms with van der Waals surface area (Å²) in [5.74, 6) is -0.500. The van der Waals surface area contributed by atoms with Crippen molar-refractivity contribution in [1.82, 2.24) is 10.2 Å². The van der Waals surface area contributed by atoms with E-state index in [0.29, 0.717) is 5.69 Å². The van der Waals surface area contributed by atoms with Crippen LogP contribution in [0.25, 0.3) is 10.8 Å². The summed E-state index contributed by atoms with van der Waals surface area (Å²) < 4.78 is 28.0. The summed E-state index contributed by atoms with van der Waals surface area (Å²) in [6, 6.07) is 21.2. The molecule has 0 spiro atoms. The SMILES string of the molecule is O=C(Nc1ccccc1)c1[nH]ncc1NS(=O)(=O)c1ccc2ccccc2c1. The number of carbonyl (C=O) groups excluding carboxylic acids is 1. The molecule has 0 radical (unpaired) electrons. The van der Waals surface area contributed by atoms with E-state index in [1.807, 2.05) is 30.3 Å². The van der Waals surface area contributed by atoms with E-state index in [9.17, 15) is 13.2 Å². The molecule has 0 aliphatic heterocycles. The Labute approximate surface area is 161 Å². The Morgan fingerprint density at radius 1 is 0.893 bits per heavy atom. The lowest BCUT2D eigenvalue weighted by Gasteiger charge is -2.09. The Bertz CT molecular complexity index is 1250. The maximum atomic E-state index is 12.8. The summed E-state index contributed by atoms with van der Waals surface area (Å²) in [4.78, 5) is 12.6. The number of aromatic nitrogens is 2. The maximum Gasteiger partial charge on any atom is 0.275 e. The molecule has 1 heterocycles. The van der Waals surface area contributed by atoms with Gasteiger partial charge >= 0.3 is 0 Å². The molecule has 0 unspecified atom stereocenters. The number of nitrogens with zero attached hydrogens (tertiary/aromatic N) is 1. The number of carbonyl (C=O) groups is 1. The first-order chi connectivity index (χ1) is 13.5. The highest BCUT2D eigenvalue weighted by Crippen LogP contribution is 2.23. The van der Waals surface area contributed by atoms with E-state index < -0.39 is 15.9 Å². The monoisotopic (exact) mass is 392 g/mol. The number of hydrogen-bond donors (Lipinski definition) is 3. The fourth-order valence-corrected chi connectivity index (χ4v) is 3.88. The second-order valence-electron chi connectivity index (χ2n) is 6.09. The Morgan fingerprint density at radius 2 is 1.61 bits per heavy atom. The largest absolute Gasteiger partial charge is 0.321 e. The highest BCUT2D eigenvalue weighted by molar-refractivity contribution is 7.92. The maximum absolute atomic E-state index is 12.8. The molecule has 0 saturated heterocycles. The summed E-state index contributed by atoms with van der Waals surface area (Å²) in [5.41, 5.74) is 0.681. The smallest absolute Gasteiger partial charge is 0.275 e. The standard InChI is InChI=1S/C20H16N4O3S/c25-20(22-16-8-2-1-3-9-16)19-18(13-21-23-19)24-28(26,27)17-11-10-14-6-4-5-7-15(14)12-17/h1-13,24H,(H,21,23)(H,22,25). The van der Waals surface area contributed by atoms with Crippen LogP contribution in [-0.4, -0.2) is 24.5 Å². The van der Waals surface area contributed by atoms with Crippen molar-refractivity contribution in [1.29, 1.82) is 0 Å². The van der Waals surface area contributed by atoms with Gasteiger partial charge in [-0.05, 0) is 35.0 Å². The molecule has 0 fully saturated rings. The molecule has 0 aliphatic carbocycles. The number of nitrogens with one attached hydrogen (secondary N) is 3. The zero-order valence-corrected chi connectivity index (χ0v) is 15.4. The van der Waals surface area contributed by atoms with Crippen molar-refractivity contribution in [3.05, 3.63) is 84.7 Å². The zero-order valence-electron chi connectivity index (χ0n) is 14.6. The normalized spacial score (nSPS) is 11.3. The number of rotatable bonds is 5. The minimum atomic E-state index is -3.89. The third kappa shape index (κ3) is 3.58. The number of hydrogen-bond acceptors (Lipinski definition) is 4. The Hall–Kier alpha value is -3.65. The van der Waals surface area contributed by atoms with Gasteiger partial charge in [0.2, 0.25) is 0 Å². The third-order valence-corrected chi connectivity index (χ3v) is 5.54. The Morgan fingerprint density at radius 3 is 2.39 bits per heavy atom. The summed E-state index contributed by atoms with van der Waals surface area (Å²) in [6.45, 7) is 0.